The maximum atomic E-state index is 12.7. The van der Waals surface area contributed by atoms with Gasteiger partial charge < -0.3 is 4.90 Å². The van der Waals surface area contributed by atoms with Gasteiger partial charge in [-0.2, -0.15) is 5.10 Å². The van der Waals surface area contributed by atoms with Gasteiger partial charge in [0.25, 0.3) is 0 Å². The number of ketones is 1. The van der Waals surface area contributed by atoms with Crippen molar-refractivity contribution in [2.45, 2.75) is 6.92 Å². The lowest BCUT2D eigenvalue weighted by atomic mass is 10.1. The average molecular weight is 376 g/mol. The number of carbonyl (C=O) groups is 2. The third-order valence-corrected chi connectivity index (χ3v) is 5.23. The minimum atomic E-state index is -0.0882. The first-order valence-corrected chi connectivity index (χ1v) is 9.20. The van der Waals surface area contributed by atoms with Gasteiger partial charge in [-0.05, 0) is 29.6 Å². The molecule has 0 radical (unpaired) electrons. The Kier molecular flexibility index (Phi) is 4.29. The highest BCUT2D eigenvalue weighted by atomic mass is 32.1. The molecule has 0 N–H and O–H groups in total. The van der Waals surface area contributed by atoms with Crippen LogP contribution in [0.5, 0.6) is 0 Å². The lowest BCUT2D eigenvalue weighted by Gasteiger charge is -2.15. The molecule has 0 unspecified atom stereocenters. The highest BCUT2D eigenvalue weighted by Crippen LogP contribution is 2.25. The fraction of sp³-hybridized carbons (Fsp3) is 0.100. The van der Waals surface area contributed by atoms with E-state index in [1.807, 2.05) is 41.8 Å². The molecule has 6 nitrogen and oxygen atoms in total. The summed E-state index contributed by atoms with van der Waals surface area (Å²) in [5, 5.41) is 6.11. The van der Waals surface area contributed by atoms with Gasteiger partial charge in [0.1, 0.15) is 0 Å². The van der Waals surface area contributed by atoms with Crippen molar-refractivity contribution in [2.24, 2.45) is 0 Å². The number of hydrogen-bond donors (Lipinski definition) is 0. The number of hydrogen-bond acceptors (Lipinski definition) is 5. The van der Waals surface area contributed by atoms with Gasteiger partial charge >= 0.3 is 0 Å². The van der Waals surface area contributed by atoms with Crippen molar-refractivity contribution in [1.82, 2.24) is 14.6 Å². The van der Waals surface area contributed by atoms with Crippen LogP contribution in [0.3, 0.4) is 0 Å². The summed E-state index contributed by atoms with van der Waals surface area (Å²) in [6.07, 6.45) is 3.33. The second kappa shape index (κ2) is 6.77. The lowest BCUT2D eigenvalue weighted by Crippen LogP contribution is -2.22. The van der Waals surface area contributed by atoms with Crippen LogP contribution in [0.25, 0.3) is 16.9 Å². The van der Waals surface area contributed by atoms with Crippen LogP contribution < -0.4 is 4.90 Å². The molecular weight excluding hydrogens is 360 g/mol. The van der Waals surface area contributed by atoms with Crippen LogP contribution in [0.2, 0.25) is 0 Å². The van der Waals surface area contributed by atoms with E-state index in [2.05, 4.69) is 10.1 Å². The maximum absolute atomic E-state index is 12.7. The first kappa shape index (κ1) is 17.1. The second-order valence-electron chi connectivity index (χ2n) is 6.07. The minimum absolute atomic E-state index is 0.0461. The van der Waals surface area contributed by atoms with E-state index in [-0.39, 0.29) is 11.7 Å². The molecule has 0 aliphatic carbocycles. The summed E-state index contributed by atoms with van der Waals surface area (Å²) in [6.45, 7) is 1.52. The third kappa shape index (κ3) is 3.13. The topological polar surface area (TPSA) is 67.6 Å². The predicted molar refractivity (Wildman–Crippen MR) is 105 cm³/mol. The van der Waals surface area contributed by atoms with Crippen LogP contribution in [-0.4, -0.2) is 33.3 Å². The Morgan fingerprint density at radius 3 is 2.74 bits per heavy atom. The Morgan fingerprint density at radius 1 is 1.15 bits per heavy atom. The summed E-state index contributed by atoms with van der Waals surface area (Å²) in [5.41, 5.74) is 3.33. The summed E-state index contributed by atoms with van der Waals surface area (Å²) < 4.78 is 1.59. The van der Waals surface area contributed by atoms with Crippen LogP contribution in [-0.2, 0) is 4.79 Å². The summed E-state index contributed by atoms with van der Waals surface area (Å²) in [7, 11) is 1.73. The van der Waals surface area contributed by atoms with Gasteiger partial charge in [-0.15, -0.1) is 11.3 Å². The van der Waals surface area contributed by atoms with E-state index in [1.165, 1.54) is 18.3 Å². The van der Waals surface area contributed by atoms with Crippen molar-refractivity contribution in [3.05, 3.63) is 70.7 Å². The Balaban J connectivity index is 1.78. The van der Waals surface area contributed by atoms with E-state index >= 15 is 0 Å². The molecule has 3 heterocycles. The van der Waals surface area contributed by atoms with Gasteiger partial charge in [0, 0.05) is 31.4 Å². The van der Waals surface area contributed by atoms with Crippen molar-refractivity contribution in [3.8, 4) is 11.3 Å². The highest BCUT2D eigenvalue weighted by molar-refractivity contribution is 7.12. The zero-order chi connectivity index (χ0) is 19.0. The third-order valence-electron chi connectivity index (χ3n) is 4.36. The molecule has 27 heavy (non-hydrogen) atoms. The van der Waals surface area contributed by atoms with E-state index in [0.29, 0.717) is 21.8 Å². The van der Waals surface area contributed by atoms with E-state index in [0.717, 1.165) is 11.3 Å². The van der Waals surface area contributed by atoms with E-state index in [1.54, 1.807) is 34.9 Å². The fourth-order valence-corrected chi connectivity index (χ4v) is 3.46. The standard InChI is InChI=1S/C20H16N4O2S/c1-13(25)23(2)15-6-3-5-14(11-15)17-8-9-24-20(22-17)16(12-21-24)19(26)18-7-4-10-27-18/h3-12H,1-2H3. The van der Waals surface area contributed by atoms with Gasteiger partial charge in [-0.3, -0.25) is 9.59 Å². The van der Waals surface area contributed by atoms with Crippen LogP contribution >= 0.6 is 11.3 Å². The summed E-state index contributed by atoms with van der Waals surface area (Å²) in [4.78, 5) is 31.2. The van der Waals surface area contributed by atoms with Crippen molar-refractivity contribution in [1.29, 1.82) is 0 Å². The normalized spacial score (nSPS) is 10.9. The van der Waals surface area contributed by atoms with Gasteiger partial charge in [0.2, 0.25) is 11.7 Å². The predicted octanol–water partition coefficient (Wildman–Crippen LogP) is 3.67. The smallest absolute Gasteiger partial charge is 0.223 e. The number of anilines is 1. The molecule has 0 saturated carbocycles. The first-order valence-electron chi connectivity index (χ1n) is 8.32. The molecule has 0 atom stereocenters. The first-order chi connectivity index (χ1) is 13.0. The summed E-state index contributed by atoms with van der Waals surface area (Å²) in [5.74, 6) is -0.134. The molecule has 134 valence electrons. The van der Waals surface area contributed by atoms with Crippen molar-refractivity contribution in [2.75, 3.05) is 11.9 Å². The molecule has 0 saturated heterocycles. The second-order valence-corrected chi connectivity index (χ2v) is 7.02. The number of amides is 1. The number of benzene rings is 1. The van der Waals surface area contributed by atoms with Crippen LogP contribution in [0, 0.1) is 0 Å². The van der Waals surface area contributed by atoms with E-state index in [4.69, 9.17) is 0 Å². The summed E-state index contributed by atoms with van der Waals surface area (Å²) in [6, 6.07) is 13.1. The Morgan fingerprint density at radius 2 is 2.00 bits per heavy atom. The SMILES string of the molecule is CC(=O)N(C)c1cccc(-c2ccn3ncc(C(=O)c4cccs4)c3n2)c1. The van der Waals surface area contributed by atoms with Crippen LogP contribution in [0.4, 0.5) is 5.69 Å². The number of nitrogens with zero attached hydrogens (tertiary/aromatic N) is 4. The molecule has 0 aliphatic rings. The highest BCUT2D eigenvalue weighted by Gasteiger charge is 2.17. The zero-order valence-electron chi connectivity index (χ0n) is 14.8. The van der Waals surface area contributed by atoms with E-state index in [9.17, 15) is 9.59 Å². The quantitative estimate of drug-likeness (QED) is 0.510. The lowest BCUT2D eigenvalue weighted by molar-refractivity contribution is -0.116. The Hall–Kier alpha value is -3.32. The molecule has 0 bridgehead atoms. The number of rotatable bonds is 4. The fourth-order valence-electron chi connectivity index (χ4n) is 2.79. The molecule has 0 spiro atoms. The molecule has 3 aromatic heterocycles. The number of aromatic nitrogens is 3. The molecule has 0 aliphatic heterocycles. The number of fused-ring (bicyclic) bond motifs is 1. The van der Waals surface area contributed by atoms with E-state index < -0.39 is 0 Å². The Labute approximate surface area is 159 Å². The molecule has 1 aromatic carbocycles. The van der Waals surface area contributed by atoms with Gasteiger partial charge in [0.15, 0.2) is 5.65 Å². The monoisotopic (exact) mass is 376 g/mol. The van der Waals surface area contributed by atoms with Crippen molar-refractivity contribution < 1.29 is 9.59 Å². The zero-order valence-corrected chi connectivity index (χ0v) is 15.6. The Bertz CT molecular complexity index is 1150. The molecule has 0 fully saturated rings. The largest absolute Gasteiger partial charge is 0.316 e. The number of thiophene rings is 1. The summed E-state index contributed by atoms with van der Waals surface area (Å²) >= 11 is 1.39. The van der Waals surface area contributed by atoms with Gasteiger partial charge in [-0.25, -0.2) is 9.50 Å². The van der Waals surface area contributed by atoms with Crippen LogP contribution in [0.15, 0.2) is 60.2 Å². The maximum Gasteiger partial charge on any atom is 0.223 e. The molecule has 4 aromatic rings. The number of carbonyl (C=O) groups excluding carboxylic acids is 2. The molecule has 4 rings (SSSR count). The van der Waals surface area contributed by atoms with Crippen molar-refractivity contribution >= 4 is 34.4 Å². The van der Waals surface area contributed by atoms with Crippen molar-refractivity contribution in [3.63, 3.8) is 0 Å². The molecule has 1 amide bonds. The van der Waals surface area contributed by atoms with Crippen LogP contribution in [0.1, 0.15) is 22.2 Å². The molecular formula is C20H16N4O2S. The average Bonchev–Trinajstić information content (AvgIpc) is 3.36. The van der Waals surface area contributed by atoms with Gasteiger partial charge in [0.05, 0.1) is 22.3 Å². The van der Waals surface area contributed by atoms with Gasteiger partial charge in [-0.1, -0.05) is 18.2 Å². The molecule has 7 heteroatoms. The minimum Gasteiger partial charge on any atom is -0.316 e.